The van der Waals surface area contributed by atoms with Crippen molar-refractivity contribution in [1.82, 2.24) is 30.4 Å². The number of thioether (sulfide) groups is 1. The summed E-state index contributed by atoms with van der Waals surface area (Å²) in [5.74, 6) is 2.33. The number of nitrogens with zero attached hydrogens (tertiary/aromatic N) is 6. The number of halogens is 1. The van der Waals surface area contributed by atoms with Crippen LogP contribution in [0.25, 0.3) is 11.7 Å². The lowest BCUT2D eigenvalue weighted by atomic mass is 10.2. The molecule has 0 aliphatic heterocycles. The van der Waals surface area contributed by atoms with Crippen molar-refractivity contribution in [2.75, 3.05) is 0 Å². The molecule has 0 atom stereocenters. The summed E-state index contributed by atoms with van der Waals surface area (Å²) < 4.78 is 13.3. The predicted molar refractivity (Wildman–Crippen MR) is 81.9 cm³/mol. The highest BCUT2D eigenvalue weighted by molar-refractivity contribution is 9.10. The van der Waals surface area contributed by atoms with Crippen LogP contribution in [-0.4, -0.2) is 30.4 Å². The zero-order valence-electron chi connectivity index (χ0n) is 11.9. The van der Waals surface area contributed by atoms with Crippen molar-refractivity contribution >= 4 is 27.7 Å². The predicted octanol–water partition coefficient (Wildman–Crippen LogP) is 3.03. The van der Waals surface area contributed by atoms with E-state index in [9.17, 15) is 0 Å². The van der Waals surface area contributed by atoms with Gasteiger partial charge >= 0.3 is 0 Å². The van der Waals surface area contributed by atoms with Gasteiger partial charge in [-0.05, 0) is 44.4 Å². The van der Waals surface area contributed by atoms with Crippen LogP contribution < -0.4 is 0 Å². The molecule has 0 saturated heterocycles. The van der Waals surface area contributed by atoms with E-state index in [1.54, 1.807) is 16.8 Å². The van der Waals surface area contributed by atoms with Crippen molar-refractivity contribution in [3.05, 3.63) is 22.7 Å². The summed E-state index contributed by atoms with van der Waals surface area (Å²) in [6, 6.07) is 3.53. The van der Waals surface area contributed by atoms with Crippen LogP contribution in [0.5, 0.6) is 0 Å². The Morgan fingerprint density at radius 1 is 1.23 bits per heavy atom. The Bertz CT molecular complexity index is 752. The standard InChI is InChI=1S/C12H13BrN6O2S/c1-7(2)5-19-12(16-17-18-19)22-6-10-14-15-11(21-10)8-3-4-9(13)20-8/h3-4,7H,5-6H2,1-2H3. The number of hydrogen-bond acceptors (Lipinski definition) is 8. The summed E-state index contributed by atoms with van der Waals surface area (Å²) in [4.78, 5) is 0. The van der Waals surface area contributed by atoms with E-state index in [4.69, 9.17) is 8.83 Å². The number of rotatable bonds is 6. The largest absolute Gasteiger partial charge is 0.444 e. The smallest absolute Gasteiger partial charge is 0.283 e. The fraction of sp³-hybridized carbons (Fsp3) is 0.417. The Labute approximate surface area is 138 Å². The first kappa shape index (κ1) is 15.2. The number of tetrazole rings is 1. The first-order valence-corrected chi connectivity index (χ1v) is 8.36. The minimum absolute atomic E-state index is 0.350. The van der Waals surface area contributed by atoms with Crippen LogP contribution in [0, 0.1) is 5.92 Å². The number of hydrogen-bond donors (Lipinski definition) is 0. The van der Waals surface area contributed by atoms with Crippen molar-refractivity contribution < 1.29 is 8.83 Å². The molecule has 8 nitrogen and oxygen atoms in total. The summed E-state index contributed by atoms with van der Waals surface area (Å²) in [5, 5.41) is 20.4. The zero-order valence-corrected chi connectivity index (χ0v) is 14.3. The highest BCUT2D eigenvalue weighted by Gasteiger charge is 2.14. The molecular formula is C12H13BrN6O2S. The minimum atomic E-state index is 0.350. The van der Waals surface area contributed by atoms with E-state index >= 15 is 0 Å². The molecule has 116 valence electrons. The van der Waals surface area contributed by atoms with Gasteiger partial charge < -0.3 is 8.83 Å². The van der Waals surface area contributed by atoms with Crippen molar-refractivity contribution in [2.45, 2.75) is 31.3 Å². The molecule has 0 aliphatic carbocycles. The fourth-order valence-corrected chi connectivity index (χ4v) is 2.76. The summed E-state index contributed by atoms with van der Waals surface area (Å²) in [7, 11) is 0. The number of furan rings is 1. The van der Waals surface area contributed by atoms with E-state index in [-0.39, 0.29) is 0 Å². The van der Waals surface area contributed by atoms with Gasteiger partial charge in [-0.15, -0.1) is 15.3 Å². The molecule has 0 fully saturated rings. The molecular weight excluding hydrogens is 372 g/mol. The lowest BCUT2D eigenvalue weighted by Gasteiger charge is -2.05. The van der Waals surface area contributed by atoms with Crippen LogP contribution in [0.15, 0.2) is 30.8 Å². The lowest BCUT2D eigenvalue weighted by molar-refractivity contribution is 0.445. The number of aromatic nitrogens is 6. The van der Waals surface area contributed by atoms with Gasteiger partial charge in [0.05, 0.1) is 5.75 Å². The molecule has 3 aromatic rings. The van der Waals surface area contributed by atoms with E-state index in [1.807, 2.05) is 0 Å². The first-order chi connectivity index (χ1) is 10.6. The van der Waals surface area contributed by atoms with E-state index in [0.717, 1.165) is 11.7 Å². The highest BCUT2D eigenvalue weighted by Crippen LogP contribution is 2.26. The SMILES string of the molecule is CC(C)Cn1nnnc1SCc1nnc(-c2ccc(Br)o2)o1. The van der Waals surface area contributed by atoms with Gasteiger partial charge in [-0.1, -0.05) is 25.6 Å². The first-order valence-electron chi connectivity index (χ1n) is 6.59. The second kappa shape index (κ2) is 6.61. The molecule has 0 spiro atoms. The van der Waals surface area contributed by atoms with Crippen LogP contribution in [0.3, 0.4) is 0 Å². The minimum Gasteiger partial charge on any atom is -0.444 e. The molecule has 0 N–H and O–H groups in total. The quantitative estimate of drug-likeness (QED) is 0.598. The van der Waals surface area contributed by atoms with Crippen LogP contribution >= 0.6 is 27.7 Å². The van der Waals surface area contributed by atoms with E-state index < -0.39 is 0 Å². The average molecular weight is 385 g/mol. The molecule has 22 heavy (non-hydrogen) atoms. The second-order valence-electron chi connectivity index (χ2n) is 4.93. The summed E-state index contributed by atoms with van der Waals surface area (Å²) >= 11 is 4.69. The Hall–Kier alpha value is -1.68. The molecule has 0 unspecified atom stereocenters. The van der Waals surface area contributed by atoms with Crippen LogP contribution in [0.2, 0.25) is 0 Å². The normalized spacial score (nSPS) is 11.5. The third-order valence-corrected chi connectivity index (χ3v) is 3.98. The monoisotopic (exact) mass is 384 g/mol. The average Bonchev–Trinajstić information content (AvgIpc) is 3.16. The third kappa shape index (κ3) is 3.55. The lowest BCUT2D eigenvalue weighted by Crippen LogP contribution is -2.07. The molecule has 3 heterocycles. The maximum atomic E-state index is 5.57. The summed E-state index contributed by atoms with van der Waals surface area (Å²) in [6.45, 7) is 4.99. The van der Waals surface area contributed by atoms with Crippen LogP contribution in [0.1, 0.15) is 19.7 Å². The maximum Gasteiger partial charge on any atom is 0.283 e. The molecule has 3 rings (SSSR count). The summed E-state index contributed by atoms with van der Waals surface area (Å²) in [5.41, 5.74) is 0. The van der Waals surface area contributed by atoms with Gasteiger partial charge in [0.25, 0.3) is 5.89 Å². The van der Waals surface area contributed by atoms with Gasteiger partial charge in [-0.3, -0.25) is 0 Å². The molecule has 10 heteroatoms. The van der Waals surface area contributed by atoms with Gasteiger partial charge in [0, 0.05) is 6.54 Å². The fourth-order valence-electron chi connectivity index (χ4n) is 1.73. The third-order valence-electron chi connectivity index (χ3n) is 2.61. The van der Waals surface area contributed by atoms with Crippen molar-refractivity contribution in [2.24, 2.45) is 5.92 Å². The van der Waals surface area contributed by atoms with E-state index in [0.29, 0.717) is 33.9 Å². The van der Waals surface area contributed by atoms with Crippen LogP contribution in [-0.2, 0) is 12.3 Å². The Balaban J connectivity index is 1.65. The van der Waals surface area contributed by atoms with Crippen molar-refractivity contribution in [1.29, 1.82) is 0 Å². The zero-order chi connectivity index (χ0) is 15.5. The molecule has 0 aromatic carbocycles. The Morgan fingerprint density at radius 2 is 2.09 bits per heavy atom. The van der Waals surface area contributed by atoms with Crippen LogP contribution in [0.4, 0.5) is 0 Å². The second-order valence-corrected chi connectivity index (χ2v) is 6.65. The van der Waals surface area contributed by atoms with Crippen molar-refractivity contribution in [3.8, 4) is 11.7 Å². The Morgan fingerprint density at radius 3 is 2.82 bits per heavy atom. The molecule has 0 radical (unpaired) electrons. The summed E-state index contributed by atoms with van der Waals surface area (Å²) in [6.07, 6.45) is 0. The molecule has 3 aromatic heterocycles. The van der Waals surface area contributed by atoms with Gasteiger partial charge in [0.2, 0.25) is 11.0 Å². The van der Waals surface area contributed by atoms with Gasteiger partial charge in [0.15, 0.2) is 10.4 Å². The Kier molecular flexibility index (Phi) is 4.57. The highest BCUT2D eigenvalue weighted by atomic mass is 79.9. The molecule has 0 saturated carbocycles. The van der Waals surface area contributed by atoms with Gasteiger partial charge in [0.1, 0.15) is 0 Å². The molecule has 0 amide bonds. The van der Waals surface area contributed by atoms with Gasteiger partial charge in [-0.2, -0.15) is 0 Å². The maximum absolute atomic E-state index is 5.57. The van der Waals surface area contributed by atoms with E-state index in [1.165, 1.54) is 11.8 Å². The molecule has 0 aliphatic rings. The van der Waals surface area contributed by atoms with Gasteiger partial charge in [-0.25, -0.2) is 4.68 Å². The molecule has 0 bridgehead atoms. The van der Waals surface area contributed by atoms with Crippen molar-refractivity contribution in [3.63, 3.8) is 0 Å². The topological polar surface area (TPSA) is 95.7 Å². The van der Waals surface area contributed by atoms with E-state index in [2.05, 4.69) is 55.5 Å².